The zero-order chi connectivity index (χ0) is 28.0. The van der Waals surface area contributed by atoms with Gasteiger partial charge in [-0.15, -0.1) is 0 Å². The van der Waals surface area contributed by atoms with Gasteiger partial charge in [-0.05, 0) is 64.5 Å². The van der Waals surface area contributed by atoms with Gasteiger partial charge in [0.15, 0.2) is 0 Å². The van der Waals surface area contributed by atoms with Crippen LogP contribution in [-0.4, -0.2) is 16.3 Å². The Morgan fingerprint density at radius 1 is 0.707 bits per heavy atom. The number of nitrogens with zero attached hydrogens (tertiary/aromatic N) is 2. The first kappa shape index (κ1) is 24.8. The molecule has 1 aliphatic rings. The number of phenolic OH excluding ortho intramolecular Hbond substituents is 1. The first-order chi connectivity index (χ1) is 20.0. The smallest absolute Gasteiger partial charge is 0.141 e. The SMILES string of the molecule is CC1(C)c2ccccc2-c2ccc(-c3cccc(C=Nc4cccc5cccc(O)c45)n3)c(Oc3ccccc3)c21. The lowest BCUT2D eigenvalue weighted by atomic mass is 9.81. The van der Waals surface area contributed by atoms with Crippen LogP contribution in [0.1, 0.15) is 30.7 Å². The summed E-state index contributed by atoms with van der Waals surface area (Å²) in [5.41, 5.74) is 7.76. The lowest BCUT2D eigenvalue weighted by molar-refractivity contribution is 0.466. The number of fused-ring (bicyclic) bond motifs is 4. The van der Waals surface area contributed by atoms with Gasteiger partial charge in [0.2, 0.25) is 0 Å². The summed E-state index contributed by atoms with van der Waals surface area (Å²) in [7, 11) is 0. The summed E-state index contributed by atoms with van der Waals surface area (Å²) >= 11 is 0. The molecule has 0 unspecified atom stereocenters. The number of hydrogen-bond donors (Lipinski definition) is 1. The molecule has 4 nitrogen and oxygen atoms in total. The van der Waals surface area contributed by atoms with E-state index in [9.17, 15) is 5.11 Å². The third-order valence-corrected chi connectivity index (χ3v) is 7.88. The van der Waals surface area contributed by atoms with Crippen molar-refractivity contribution in [2.75, 3.05) is 0 Å². The van der Waals surface area contributed by atoms with Crippen LogP contribution in [0.25, 0.3) is 33.2 Å². The molecule has 0 saturated carbocycles. The standard InChI is InChI=1S/C37H28N2O2/c1-37(2)30-17-7-6-16-27(30)28-21-22-29(36(35(28)37)41-26-14-4-3-5-15-26)31-18-10-13-25(39-31)23-38-32-19-8-11-24-12-9-20-33(40)34(24)32/h3-23,40H,1-2H3. The Labute approximate surface area is 239 Å². The molecule has 0 atom stereocenters. The highest BCUT2D eigenvalue weighted by molar-refractivity contribution is 5.99. The molecular weight excluding hydrogens is 504 g/mol. The number of aromatic nitrogens is 1. The lowest BCUT2D eigenvalue weighted by Gasteiger charge is -2.25. The summed E-state index contributed by atoms with van der Waals surface area (Å²) in [6.45, 7) is 4.52. The van der Waals surface area contributed by atoms with Crippen LogP contribution in [-0.2, 0) is 5.41 Å². The molecule has 0 spiro atoms. The topological polar surface area (TPSA) is 54.7 Å². The van der Waals surface area contributed by atoms with Crippen LogP contribution < -0.4 is 4.74 Å². The highest BCUT2D eigenvalue weighted by atomic mass is 16.5. The van der Waals surface area contributed by atoms with E-state index in [1.807, 2.05) is 78.9 Å². The van der Waals surface area contributed by atoms with E-state index >= 15 is 0 Å². The van der Waals surface area contributed by atoms with Crippen LogP contribution in [0.4, 0.5) is 5.69 Å². The molecule has 0 fully saturated rings. The molecular formula is C37H28N2O2. The fraction of sp³-hybridized carbons (Fsp3) is 0.0811. The van der Waals surface area contributed by atoms with Gasteiger partial charge >= 0.3 is 0 Å². The maximum Gasteiger partial charge on any atom is 0.141 e. The van der Waals surface area contributed by atoms with E-state index in [-0.39, 0.29) is 11.2 Å². The van der Waals surface area contributed by atoms with E-state index in [4.69, 9.17) is 14.7 Å². The van der Waals surface area contributed by atoms with Crippen molar-refractivity contribution in [1.82, 2.24) is 4.98 Å². The van der Waals surface area contributed by atoms with Crippen LogP contribution >= 0.6 is 0 Å². The van der Waals surface area contributed by atoms with Crippen LogP contribution in [0.2, 0.25) is 0 Å². The average molecular weight is 533 g/mol. The van der Waals surface area contributed by atoms with Crippen molar-refractivity contribution in [3.8, 4) is 39.6 Å². The van der Waals surface area contributed by atoms with Crippen molar-refractivity contribution >= 4 is 22.7 Å². The second-order valence-electron chi connectivity index (χ2n) is 10.8. The Morgan fingerprint density at radius 3 is 2.29 bits per heavy atom. The van der Waals surface area contributed by atoms with Crippen molar-refractivity contribution in [1.29, 1.82) is 0 Å². The van der Waals surface area contributed by atoms with Crippen molar-refractivity contribution < 1.29 is 9.84 Å². The highest BCUT2D eigenvalue weighted by Crippen LogP contribution is 2.55. The molecule has 1 heterocycles. The highest BCUT2D eigenvalue weighted by Gasteiger charge is 2.39. The maximum atomic E-state index is 10.5. The second kappa shape index (κ2) is 9.76. The molecule has 7 rings (SSSR count). The number of aromatic hydroxyl groups is 1. The van der Waals surface area contributed by atoms with Crippen molar-refractivity contribution in [2.45, 2.75) is 19.3 Å². The minimum absolute atomic E-state index is 0.210. The summed E-state index contributed by atoms with van der Waals surface area (Å²) in [4.78, 5) is 9.71. The van der Waals surface area contributed by atoms with E-state index in [1.165, 1.54) is 16.7 Å². The van der Waals surface area contributed by atoms with E-state index in [2.05, 4.69) is 50.2 Å². The third-order valence-electron chi connectivity index (χ3n) is 7.88. The molecule has 0 aliphatic heterocycles. The van der Waals surface area contributed by atoms with Crippen LogP contribution in [0.5, 0.6) is 17.2 Å². The zero-order valence-corrected chi connectivity index (χ0v) is 22.9. The Hall–Kier alpha value is -5.22. The summed E-state index contributed by atoms with van der Waals surface area (Å²) in [6, 6.07) is 40.0. The third kappa shape index (κ3) is 4.25. The lowest BCUT2D eigenvalue weighted by Crippen LogP contribution is -2.16. The van der Waals surface area contributed by atoms with Gasteiger partial charge in [-0.25, -0.2) is 4.98 Å². The molecule has 0 radical (unpaired) electrons. The first-order valence-corrected chi connectivity index (χ1v) is 13.7. The number of para-hydroxylation sites is 1. The monoisotopic (exact) mass is 532 g/mol. The number of aliphatic imine (C=N–C) groups is 1. The first-order valence-electron chi connectivity index (χ1n) is 13.7. The fourth-order valence-electron chi connectivity index (χ4n) is 5.96. The molecule has 1 aliphatic carbocycles. The Bertz CT molecular complexity index is 1950. The van der Waals surface area contributed by atoms with Crippen LogP contribution in [0.3, 0.4) is 0 Å². The molecule has 0 saturated heterocycles. The molecule has 41 heavy (non-hydrogen) atoms. The van der Waals surface area contributed by atoms with E-state index < -0.39 is 0 Å². The predicted molar refractivity (Wildman–Crippen MR) is 167 cm³/mol. The van der Waals surface area contributed by atoms with E-state index in [0.717, 1.165) is 39.1 Å². The molecule has 0 bridgehead atoms. The Morgan fingerprint density at radius 2 is 1.44 bits per heavy atom. The molecule has 1 aromatic heterocycles. The van der Waals surface area contributed by atoms with Gasteiger partial charge in [0.25, 0.3) is 0 Å². The molecule has 0 amide bonds. The number of benzene rings is 5. The molecule has 1 N–H and O–H groups in total. The van der Waals surface area contributed by atoms with Gasteiger partial charge < -0.3 is 9.84 Å². The average Bonchev–Trinajstić information content (AvgIpc) is 3.24. The Balaban J connectivity index is 1.35. The molecule has 198 valence electrons. The minimum atomic E-state index is -0.249. The molecule has 6 aromatic rings. The second-order valence-corrected chi connectivity index (χ2v) is 10.8. The molecule has 5 aromatic carbocycles. The number of rotatable bonds is 5. The quantitative estimate of drug-likeness (QED) is 0.225. The number of phenols is 1. The van der Waals surface area contributed by atoms with Gasteiger partial charge in [-0.3, -0.25) is 4.99 Å². The van der Waals surface area contributed by atoms with Crippen molar-refractivity contribution in [3.63, 3.8) is 0 Å². The number of pyridine rings is 1. The Kier molecular flexibility index (Phi) is 5.90. The zero-order valence-electron chi connectivity index (χ0n) is 22.9. The summed E-state index contributed by atoms with van der Waals surface area (Å²) in [5.74, 6) is 1.80. The van der Waals surface area contributed by atoms with Crippen LogP contribution in [0.15, 0.2) is 126 Å². The van der Waals surface area contributed by atoms with Crippen LogP contribution in [0, 0.1) is 0 Å². The van der Waals surface area contributed by atoms with E-state index in [0.29, 0.717) is 11.4 Å². The maximum absolute atomic E-state index is 10.5. The van der Waals surface area contributed by atoms with Gasteiger partial charge in [0.1, 0.15) is 17.2 Å². The molecule has 4 heteroatoms. The van der Waals surface area contributed by atoms with E-state index in [1.54, 1.807) is 12.3 Å². The number of ether oxygens (including phenoxy) is 1. The van der Waals surface area contributed by atoms with Gasteiger partial charge in [-0.1, -0.05) is 92.7 Å². The van der Waals surface area contributed by atoms with Crippen molar-refractivity contribution in [3.05, 3.63) is 138 Å². The summed E-state index contributed by atoms with van der Waals surface area (Å²) in [6.07, 6.45) is 1.75. The predicted octanol–water partition coefficient (Wildman–Crippen LogP) is 9.46. The van der Waals surface area contributed by atoms with Gasteiger partial charge in [-0.2, -0.15) is 0 Å². The normalized spacial score (nSPS) is 13.3. The fourth-order valence-corrected chi connectivity index (χ4v) is 5.96. The van der Waals surface area contributed by atoms with Crippen molar-refractivity contribution in [2.24, 2.45) is 4.99 Å². The summed E-state index contributed by atoms with van der Waals surface area (Å²) < 4.78 is 6.70. The number of hydrogen-bond acceptors (Lipinski definition) is 4. The largest absolute Gasteiger partial charge is 0.507 e. The van der Waals surface area contributed by atoms with Gasteiger partial charge in [0, 0.05) is 21.9 Å². The minimum Gasteiger partial charge on any atom is -0.507 e. The summed E-state index contributed by atoms with van der Waals surface area (Å²) in [5, 5.41) is 12.1. The van der Waals surface area contributed by atoms with Gasteiger partial charge in [0.05, 0.1) is 23.3 Å².